The van der Waals surface area contributed by atoms with Gasteiger partial charge in [-0.25, -0.2) is 0 Å². The fourth-order valence-electron chi connectivity index (χ4n) is 2.27. The van der Waals surface area contributed by atoms with Crippen LogP contribution in [0.25, 0.3) is 0 Å². The summed E-state index contributed by atoms with van der Waals surface area (Å²) in [6.07, 6.45) is 0.961. The van der Waals surface area contributed by atoms with E-state index in [9.17, 15) is 0 Å². The summed E-state index contributed by atoms with van der Waals surface area (Å²) in [6, 6.07) is 16.1. The molecule has 0 amide bonds. The first-order valence-corrected chi connectivity index (χ1v) is 7.77. The molecule has 0 spiro atoms. The van der Waals surface area contributed by atoms with Crippen LogP contribution in [0.3, 0.4) is 0 Å². The van der Waals surface area contributed by atoms with E-state index in [1.54, 1.807) is 0 Å². The van der Waals surface area contributed by atoms with Crippen LogP contribution in [0, 0.1) is 6.92 Å². The zero-order valence-corrected chi connectivity index (χ0v) is 13.8. The topological polar surface area (TPSA) is 24.1 Å². The van der Waals surface area contributed by atoms with Gasteiger partial charge in [0.1, 0.15) is 0 Å². The lowest BCUT2D eigenvalue weighted by atomic mass is 10.00. The quantitative estimate of drug-likeness (QED) is 0.768. The second-order valence-corrected chi connectivity index (χ2v) is 5.77. The van der Waals surface area contributed by atoms with Crippen molar-refractivity contribution in [2.45, 2.75) is 26.3 Å². The average Bonchev–Trinajstić information content (AvgIpc) is 2.45. The van der Waals surface area contributed by atoms with Crippen molar-refractivity contribution in [3.63, 3.8) is 0 Å². The van der Waals surface area contributed by atoms with Crippen molar-refractivity contribution in [1.82, 2.24) is 5.32 Å². The standard InChI is InChI=1S/C17H19ClN2S/c1-3-16(15-10-5-4-7-12(15)2)20-17(21)19-14-9-6-8-13(18)11-14/h4-11,16H,3H2,1-2H3,(H2,19,20,21)/t16-/m0/s1. The molecule has 1 atom stereocenters. The zero-order chi connectivity index (χ0) is 15.2. The van der Waals surface area contributed by atoms with Crippen molar-refractivity contribution in [2.75, 3.05) is 5.32 Å². The van der Waals surface area contributed by atoms with Crippen LogP contribution in [0.1, 0.15) is 30.5 Å². The second-order valence-electron chi connectivity index (χ2n) is 4.93. The van der Waals surface area contributed by atoms with Gasteiger partial charge in [-0.15, -0.1) is 0 Å². The van der Waals surface area contributed by atoms with Crippen LogP contribution in [0.5, 0.6) is 0 Å². The van der Waals surface area contributed by atoms with Gasteiger partial charge in [0.05, 0.1) is 6.04 Å². The second kappa shape index (κ2) is 7.43. The van der Waals surface area contributed by atoms with E-state index in [4.69, 9.17) is 23.8 Å². The minimum absolute atomic E-state index is 0.199. The van der Waals surface area contributed by atoms with E-state index in [0.29, 0.717) is 10.1 Å². The summed E-state index contributed by atoms with van der Waals surface area (Å²) in [6.45, 7) is 4.26. The molecule has 0 aliphatic carbocycles. The molecule has 0 aliphatic rings. The lowest BCUT2D eigenvalue weighted by Crippen LogP contribution is -2.32. The first-order valence-electron chi connectivity index (χ1n) is 6.98. The Bertz CT molecular complexity index is 628. The molecule has 2 nitrogen and oxygen atoms in total. The Hall–Kier alpha value is -1.58. The van der Waals surface area contributed by atoms with Gasteiger partial charge in [-0.05, 0) is 54.9 Å². The molecular formula is C17H19ClN2S. The molecule has 0 fully saturated rings. The lowest BCUT2D eigenvalue weighted by molar-refractivity contribution is 0.625. The SMILES string of the molecule is CC[C@H](NC(=S)Nc1cccc(Cl)c1)c1ccccc1C. The maximum Gasteiger partial charge on any atom is 0.171 e. The number of hydrogen-bond donors (Lipinski definition) is 2. The van der Waals surface area contributed by atoms with Gasteiger partial charge >= 0.3 is 0 Å². The molecule has 110 valence electrons. The maximum absolute atomic E-state index is 5.97. The van der Waals surface area contributed by atoms with E-state index >= 15 is 0 Å². The van der Waals surface area contributed by atoms with Crippen molar-refractivity contribution in [3.05, 3.63) is 64.7 Å². The number of thiocarbonyl (C=S) groups is 1. The largest absolute Gasteiger partial charge is 0.356 e. The van der Waals surface area contributed by atoms with Gasteiger partial charge in [0.2, 0.25) is 0 Å². The Morgan fingerprint density at radius 2 is 1.95 bits per heavy atom. The van der Waals surface area contributed by atoms with Crippen LogP contribution in [-0.2, 0) is 0 Å². The molecule has 2 rings (SSSR count). The Labute approximate surface area is 136 Å². The molecule has 0 unspecified atom stereocenters. The van der Waals surface area contributed by atoms with Crippen LogP contribution >= 0.6 is 23.8 Å². The average molecular weight is 319 g/mol. The molecule has 0 heterocycles. The van der Waals surface area contributed by atoms with Crippen LogP contribution in [0.2, 0.25) is 5.02 Å². The molecule has 0 bridgehead atoms. The van der Waals surface area contributed by atoms with Gasteiger partial charge in [0.15, 0.2) is 5.11 Å². The molecule has 0 saturated heterocycles. The van der Waals surface area contributed by atoms with Gasteiger partial charge < -0.3 is 10.6 Å². The molecule has 0 aromatic heterocycles. The minimum Gasteiger partial charge on any atom is -0.356 e. The van der Waals surface area contributed by atoms with Crippen LogP contribution < -0.4 is 10.6 Å². The summed E-state index contributed by atoms with van der Waals surface area (Å²) in [4.78, 5) is 0. The van der Waals surface area contributed by atoms with E-state index in [1.165, 1.54) is 11.1 Å². The van der Waals surface area contributed by atoms with E-state index in [1.807, 2.05) is 30.3 Å². The predicted molar refractivity (Wildman–Crippen MR) is 95.0 cm³/mol. The maximum atomic E-state index is 5.97. The highest BCUT2D eigenvalue weighted by Gasteiger charge is 2.12. The number of hydrogen-bond acceptors (Lipinski definition) is 1. The van der Waals surface area contributed by atoms with Crippen molar-refractivity contribution in [2.24, 2.45) is 0 Å². The minimum atomic E-state index is 0.199. The third-order valence-corrected chi connectivity index (χ3v) is 3.81. The molecule has 2 aromatic rings. The molecule has 21 heavy (non-hydrogen) atoms. The van der Waals surface area contributed by atoms with Crippen LogP contribution in [0.4, 0.5) is 5.69 Å². The highest BCUT2D eigenvalue weighted by Crippen LogP contribution is 2.21. The summed E-state index contributed by atoms with van der Waals surface area (Å²) < 4.78 is 0. The highest BCUT2D eigenvalue weighted by molar-refractivity contribution is 7.80. The number of benzene rings is 2. The summed E-state index contributed by atoms with van der Waals surface area (Å²) in [5.41, 5.74) is 3.43. The fraction of sp³-hybridized carbons (Fsp3) is 0.235. The predicted octanol–water partition coefficient (Wildman–Crippen LogP) is 5.09. The van der Waals surface area contributed by atoms with Crippen molar-refractivity contribution in [1.29, 1.82) is 0 Å². The Balaban J connectivity index is 2.05. The van der Waals surface area contributed by atoms with Gasteiger partial charge in [-0.2, -0.15) is 0 Å². The van der Waals surface area contributed by atoms with Crippen LogP contribution in [0.15, 0.2) is 48.5 Å². The first-order chi connectivity index (χ1) is 10.1. The zero-order valence-electron chi connectivity index (χ0n) is 12.2. The Morgan fingerprint density at radius 3 is 2.62 bits per heavy atom. The summed E-state index contributed by atoms with van der Waals surface area (Å²) in [5, 5.41) is 7.83. The number of aryl methyl sites for hydroxylation is 1. The smallest absolute Gasteiger partial charge is 0.171 e. The summed E-state index contributed by atoms with van der Waals surface area (Å²) in [7, 11) is 0. The van der Waals surface area contributed by atoms with Crippen molar-refractivity contribution < 1.29 is 0 Å². The number of halogens is 1. The Kier molecular flexibility index (Phi) is 5.59. The number of nitrogens with one attached hydrogen (secondary N) is 2. The van der Waals surface area contributed by atoms with Gasteiger partial charge in [-0.3, -0.25) is 0 Å². The van der Waals surface area contributed by atoms with Crippen LogP contribution in [-0.4, -0.2) is 5.11 Å². The molecule has 2 aromatic carbocycles. The number of rotatable bonds is 4. The van der Waals surface area contributed by atoms with Gasteiger partial charge in [0.25, 0.3) is 0 Å². The number of anilines is 1. The summed E-state index contributed by atoms with van der Waals surface area (Å²) in [5.74, 6) is 0. The molecule has 0 radical (unpaired) electrons. The van der Waals surface area contributed by atoms with E-state index < -0.39 is 0 Å². The molecule has 0 saturated carbocycles. The lowest BCUT2D eigenvalue weighted by Gasteiger charge is -2.21. The van der Waals surface area contributed by atoms with Gasteiger partial charge in [0, 0.05) is 10.7 Å². The fourth-order valence-corrected chi connectivity index (χ4v) is 2.72. The third kappa shape index (κ3) is 4.45. The van der Waals surface area contributed by atoms with E-state index in [0.717, 1.165) is 12.1 Å². The van der Waals surface area contributed by atoms with Gasteiger partial charge in [-0.1, -0.05) is 48.9 Å². The highest BCUT2D eigenvalue weighted by atomic mass is 35.5. The van der Waals surface area contributed by atoms with E-state index in [-0.39, 0.29) is 6.04 Å². The molecule has 2 N–H and O–H groups in total. The van der Waals surface area contributed by atoms with Crippen molar-refractivity contribution >= 4 is 34.6 Å². The monoisotopic (exact) mass is 318 g/mol. The molecular weight excluding hydrogens is 300 g/mol. The summed E-state index contributed by atoms with van der Waals surface area (Å²) >= 11 is 11.4. The molecule has 4 heteroatoms. The Morgan fingerprint density at radius 1 is 1.19 bits per heavy atom. The van der Waals surface area contributed by atoms with Crippen molar-refractivity contribution in [3.8, 4) is 0 Å². The molecule has 0 aliphatic heterocycles. The normalized spacial score (nSPS) is 11.8. The first kappa shape index (κ1) is 15.8. The van der Waals surface area contributed by atoms with E-state index in [2.05, 4.69) is 42.7 Å². The third-order valence-electron chi connectivity index (χ3n) is 3.36.